The molecule has 140 valence electrons. The highest BCUT2D eigenvalue weighted by atomic mass is 16.2. The summed E-state index contributed by atoms with van der Waals surface area (Å²) in [7, 11) is 0. The molecule has 1 unspecified atom stereocenters. The first-order valence-corrected chi connectivity index (χ1v) is 9.23. The van der Waals surface area contributed by atoms with Crippen molar-refractivity contribution in [1.29, 1.82) is 0 Å². The number of carbonyl (C=O) groups is 1. The Bertz CT molecular complexity index is 1120. The Kier molecular flexibility index (Phi) is 4.01. The summed E-state index contributed by atoms with van der Waals surface area (Å²) < 4.78 is 2.05. The second-order valence-corrected chi connectivity index (χ2v) is 6.83. The molecule has 5 rings (SSSR count). The third-order valence-electron chi connectivity index (χ3n) is 4.99. The number of rotatable bonds is 4. The molecule has 1 atom stereocenters. The topological polar surface area (TPSA) is 91.2 Å². The van der Waals surface area contributed by atoms with E-state index < -0.39 is 0 Å². The smallest absolute Gasteiger partial charge is 0.288 e. The first kappa shape index (κ1) is 16.5. The zero-order chi connectivity index (χ0) is 18.9. The number of hydrogen-bond acceptors (Lipinski definition) is 5. The normalized spacial score (nSPS) is 16.6. The fourth-order valence-electron chi connectivity index (χ4n) is 3.60. The molecule has 2 N–H and O–H groups in total. The molecule has 0 saturated carbocycles. The summed E-state index contributed by atoms with van der Waals surface area (Å²) in [6.07, 6.45) is 6.59. The van der Waals surface area contributed by atoms with E-state index in [1.807, 2.05) is 59.3 Å². The van der Waals surface area contributed by atoms with Crippen LogP contribution in [0.15, 0.2) is 61.1 Å². The van der Waals surface area contributed by atoms with Crippen molar-refractivity contribution in [3.63, 3.8) is 0 Å². The largest absolute Gasteiger partial charge is 0.353 e. The van der Waals surface area contributed by atoms with E-state index in [-0.39, 0.29) is 17.8 Å². The average Bonchev–Trinajstić information content (AvgIpc) is 3.48. The third kappa shape index (κ3) is 2.98. The van der Waals surface area contributed by atoms with Crippen LogP contribution in [0.2, 0.25) is 0 Å². The van der Waals surface area contributed by atoms with Crippen molar-refractivity contribution >= 4 is 17.2 Å². The number of fused-ring (bicyclic) bond motifs is 1. The van der Waals surface area contributed by atoms with Crippen molar-refractivity contribution in [1.82, 2.24) is 29.9 Å². The highest BCUT2D eigenvalue weighted by molar-refractivity contribution is 5.91. The average molecular weight is 373 g/mol. The number of H-pyrrole nitrogens is 1. The lowest BCUT2D eigenvalue weighted by atomic mass is 10.2. The van der Waals surface area contributed by atoms with E-state index in [1.165, 1.54) is 0 Å². The van der Waals surface area contributed by atoms with E-state index in [0.717, 1.165) is 29.9 Å². The first-order valence-electron chi connectivity index (χ1n) is 9.23. The maximum atomic E-state index is 12.6. The minimum atomic E-state index is -0.240. The van der Waals surface area contributed by atoms with Gasteiger partial charge in [0.2, 0.25) is 5.82 Å². The molecule has 4 aromatic rings. The summed E-state index contributed by atoms with van der Waals surface area (Å²) in [5, 5.41) is 9.94. The quantitative estimate of drug-likeness (QED) is 0.572. The summed E-state index contributed by atoms with van der Waals surface area (Å²) in [6.45, 7) is 1.55. The number of carbonyl (C=O) groups excluding carboxylic acids is 1. The molecule has 1 aromatic carbocycles. The predicted molar refractivity (Wildman–Crippen MR) is 105 cm³/mol. The summed E-state index contributed by atoms with van der Waals surface area (Å²) in [5.41, 5.74) is 1.94. The van der Waals surface area contributed by atoms with Gasteiger partial charge >= 0.3 is 0 Å². The second kappa shape index (κ2) is 6.80. The Labute approximate surface area is 161 Å². The molecule has 1 amide bonds. The summed E-state index contributed by atoms with van der Waals surface area (Å²) in [6, 6.07) is 13.7. The minimum absolute atomic E-state index is 0.0368. The number of anilines is 1. The number of hydrogen-bond donors (Lipinski definition) is 2. The molecule has 0 aliphatic carbocycles. The molecular weight excluding hydrogens is 354 g/mol. The lowest BCUT2D eigenvalue weighted by Gasteiger charge is -2.18. The first-order chi connectivity index (χ1) is 13.8. The van der Waals surface area contributed by atoms with E-state index in [9.17, 15) is 4.79 Å². The van der Waals surface area contributed by atoms with Crippen molar-refractivity contribution < 1.29 is 4.79 Å². The van der Waals surface area contributed by atoms with Gasteiger partial charge in [-0.2, -0.15) is 5.10 Å². The Hall–Kier alpha value is -3.68. The van der Waals surface area contributed by atoms with E-state index in [2.05, 4.69) is 30.4 Å². The lowest BCUT2D eigenvalue weighted by molar-refractivity contribution is 0.0930. The highest BCUT2D eigenvalue weighted by Crippen LogP contribution is 2.23. The van der Waals surface area contributed by atoms with Crippen LogP contribution >= 0.6 is 0 Å². The van der Waals surface area contributed by atoms with Gasteiger partial charge in [-0.25, -0.2) is 9.97 Å². The van der Waals surface area contributed by atoms with Gasteiger partial charge in [-0.15, -0.1) is 0 Å². The Morgan fingerprint density at radius 3 is 2.93 bits per heavy atom. The molecule has 1 saturated heterocycles. The Balaban J connectivity index is 1.27. The van der Waals surface area contributed by atoms with Gasteiger partial charge in [0.05, 0.1) is 5.52 Å². The molecule has 1 fully saturated rings. The van der Waals surface area contributed by atoms with E-state index >= 15 is 0 Å². The summed E-state index contributed by atoms with van der Waals surface area (Å²) in [5.74, 6) is 1.44. The van der Waals surface area contributed by atoms with E-state index in [1.54, 1.807) is 6.20 Å². The van der Waals surface area contributed by atoms with Crippen LogP contribution in [0, 0.1) is 0 Å². The predicted octanol–water partition coefficient (Wildman–Crippen LogP) is 2.13. The molecule has 3 aromatic heterocycles. The van der Waals surface area contributed by atoms with Crippen LogP contribution in [-0.4, -0.2) is 49.6 Å². The zero-order valence-corrected chi connectivity index (χ0v) is 15.1. The number of nitrogens with zero attached hydrogens (tertiary/aromatic N) is 5. The van der Waals surface area contributed by atoms with Gasteiger partial charge in [-0.1, -0.05) is 30.3 Å². The van der Waals surface area contributed by atoms with Gasteiger partial charge in [-0.3, -0.25) is 9.89 Å². The molecule has 4 heterocycles. The van der Waals surface area contributed by atoms with Crippen molar-refractivity contribution in [2.45, 2.75) is 12.5 Å². The molecule has 1 aliphatic rings. The van der Waals surface area contributed by atoms with Gasteiger partial charge in [0.1, 0.15) is 0 Å². The van der Waals surface area contributed by atoms with Gasteiger partial charge in [-0.05, 0) is 18.6 Å². The van der Waals surface area contributed by atoms with Crippen molar-refractivity contribution in [2.24, 2.45) is 0 Å². The van der Waals surface area contributed by atoms with E-state index in [0.29, 0.717) is 12.4 Å². The number of benzene rings is 1. The van der Waals surface area contributed by atoms with Crippen molar-refractivity contribution in [2.75, 3.05) is 18.0 Å². The van der Waals surface area contributed by atoms with Gasteiger partial charge in [0, 0.05) is 43.3 Å². The fraction of sp³-hybridized carbons (Fsp3) is 0.200. The number of nitrogens with one attached hydrogen (secondary N) is 2. The fourth-order valence-corrected chi connectivity index (χ4v) is 3.60. The molecule has 8 nitrogen and oxygen atoms in total. The second-order valence-electron chi connectivity index (χ2n) is 6.83. The van der Waals surface area contributed by atoms with Crippen LogP contribution in [0.4, 0.5) is 5.82 Å². The summed E-state index contributed by atoms with van der Waals surface area (Å²) >= 11 is 0. The van der Waals surface area contributed by atoms with Crippen molar-refractivity contribution in [3.05, 3.63) is 66.9 Å². The van der Waals surface area contributed by atoms with E-state index in [4.69, 9.17) is 0 Å². The van der Waals surface area contributed by atoms with Crippen LogP contribution in [0.5, 0.6) is 0 Å². The summed E-state index contributed by atoms with van der Waals surface area (Å²) in [4.78, 5) is 23.6. The maximum Gasteiger partial charge on any atom is 0.288 e. The molecular formula is C20H19N7O. The SMILES string of the molecule is O=C(NC1CCN(c2nccn3cccc23)C1)c1nc(-c2ccccc2)n[nH]1. The van der Waals surface area contributed by atoms with Crippen LogP contribution in [0.3, 0.4) is 0 Å². The van der Waals surface area contributed by atoms with Crippen LogP contribution in [0.1, 0.15) is 17.0 Å². The molecule has 0 bridgehead atoms. The van der Waals surface area contributed by atoms with Gasteiger partial charge in [0.25, 0.3) is 5.91 Å². The zero-order valence-electron chi connectivity index (χ0n) is 15.1. The van der Waals surface area contributed by atoms with Gasteiger partial charge < -0.3 is 14.6 Å². The third-order valence-corrected chi connectivity index (χ3v) is 4.99. The monoisotopic (exact) mass is 373 g/mol. The number of amides is 1. The van der Waals surface area contributed by atoms with Gasteiger partial charge in [0.15, 0.2) is 11.6 Å². The van der Waals surface area contributed by atoms with Crippen LogP contribution < -0.4 is 10.2 Å². The Morgan fingerprint density at radius 1 is 1.14 bits per heavy atom. The standard InChI is InChI=1S/C20H19N7O/c28-20(18-23-17(24-25-18)14-5-2-1-3-6-14)22-15-8-11-27(13-15)19-16-7-4-10-26(16)12-9-21-19/h1-7,9-10,12,15H,8,11,13H2,(H,22,28)(H,23,24,25). The number of aromatic nitrogens is 5. The molecule has 0 radical (unpaired) electrons. The molecule has 1 aliphatic heterocycles. The molecule has 0 spiro atoms. The molecule has 8 heteroatoms. The number of aromatic amines is 1. The highest BCUT2D eigenvalue weighted by Gasteiger charge is 2.27. The van der Waals surface area contributed by atoms with Crippen LogP contribution in [0.25, 0.3) is 16.9 Å². The van der Waals surface area contributed by atoms with Crippen LogP contribution in [-0.2, 0) is 0 Å². The van der Waals surface area contributed by atoms with Crippen molar-refractivity contribution in [3.8, 4) is 11.4 Å². The molecule has 28 heavy (non-hydrogen) atoms. The lowest BCUT2D eigenvalue weighted by Crippen LogP contribution is -2.37. The minimum Gasteiger partial charge on any atom is -0.353 e. The maximum absolute atomic E-state index is 12.6. The Morgan fingerprint density at radius 2 is 2.04 bits per heavy atom.